The van der Waals surface area contributed by atoms with Crippen molar-refractivity contribution in [3.05, 3.63) is 29.5 Å². The lowest BCUT2D eigenvalue weighted by molar-refractivity contribution is -0.151. The Morgan fingerprint density at radius 2 is 1.83 bits per heavy atom. The number of amides is 1. The van der Waals surface area contributed by atoms with Crippen LogP contribution >= 0.6 is 11.3 Å². The summed E-state index contributed by atoms with van der Waals surface area (Å²) in [6, 6.07) is 1.71. The summed E-state index contributed by atoms with van der Waals surface area (Å²) in [5, 5.41) is 10.3. The third-order valence-electron chi connectivity index (χ3n) is 4.50. The first kappa shape index (κ1) is 16.5. The van der Waals surface area contributed by atoms with Gasteiger partial charge in [-0.2, -0.15) is 0 Å². The second-order valence-electron chi connectivity index (χ2n) is 5.86. The number of hydrogen-bond acceptors (Lipinski definition) is 6. The third-order valence-corrected chi connectivity index (χ3v) is 5.48. The van der Waals surface area contributed by atoms with Crippen LogP contribution in [0.25, 0.3) is 10.8 Å². The van der Waals surface area contributed by atoms with E-state index in [0.29, 0.717) is 28.6 Å². The monoisotopic (exact) mass is 346 g/mol. The molecule has 0 saturated heterocycles. The molecule has 0 bridgehead atoms. The fraction of sp³-hybridized carbons (Fsp3) is 0.438. The van der Waals surface area contributed by atoms with E-state index in [2.05, 4.69) is 15.0 Å². The van der Waals surface area contributed by atoms with Crippen LogP contribution in [0.3, 0.4) is 0 Å². The summed E-state index contributed by atoms with van der Waals surface area (Å²) in [6.45, 7) is 0. The smallest absolute Gasteiger partial charge is 0.329 e. The van der Waals surface area contributed by atoms with Crippen molar-refractivity contribution in [2.24, 2.45) is 0 Å². The molecule has 2 heterocycles. The van der Waals surface area contributed by atoms with Crippen LogP contribution in [0.5, 0.6) is 0 Å². The molecule has 3 rings (SSSR count). The highest BCUT2D eigenvalue weighted by molar-refractivity contribution is 7.16. The highest BCUT2D eigenvalue weighted by Gasteiger charge is 2.45. The highest BCUT2D eigenvalue weighted by Crippen LogP contribution is 2.35. The Balaban J connectivity index is 1.86. The topological polar surface area (TPSA) is 96.3 Å². The second kappa shape index (κ2) is 6.64. The largest absolute Gasteiger partial charge is 0.479 e. The molecule has 0 unspecified atom stereocenters. The van der Waals surface area contributed by atoms with Gasteiger partial charge in [0.05, 0.1) is 6.20 Å². The van der Waals surface area contributed by atoms with Gasteiger partial charge < -0.3 is 10.0 Å². The molecule has 7 nitrogen and oxygen atoms in total. The number of thiazole rings is 1. The first-order valence-corrected chi connectivity index (χ1v) is 8.61. The number of hydrogen-bond donors (Lipinski definition) is 1. The standard InChI is InChI=1S/C16H18N4O3S/c1-20(16(15(22)23)6-3-2-4-7-16)14(21)11-10-19-13(24-11)12-17-8-5-9-18-12/h5,8-10H,2-4,6-7H2,1H3,(H,22,23). The summed E-state index contributed by atoms with van der Waals surface area (Å²) in [5.41, 5.74) is -1.12. The van der Waals surface area contributed by atoms with Gasteiger partial charge in [-0.15, -0.1) is 11.3 Å². The molecule has 1 N–H and O–H groups in total. The van der Waals surface area contributed by atoms with Gasteiger partial charge in [-0.25, -0.2) is 19.7 Å². The number of carboxylic acid groups (broad SMARTS) is 1. The minimum absolute atomic E-state index is 0.320. The van der Waals surface area contributed by atoms with E-state index in [9.17, 15) is 14.7 Å². The molecular weight excluding hydrogens is 328 g/mol. The molecule has 0 aliphatic heterocycles. The maximum atomic E-state index is 12.8. The zero-order valence-electron chi connectivity index (χ0n) is 13.3. The van der Waals surface area contributed by atoms with Gasteiger partial charge in [-0.3, -0.25) is 4.79 Å². The quantitative estimate of drug-likeness (QED) is 0.913. The minimum atomic E-state index is -1.12. The van der Waals surface area contributed by atoms with Crippen LogP contribution in [0.1, 0.15) is 41.8 Å². The van der Waals surface area contributed by atoms with Crippen molar-refractivity contribution in [3.63, 3.8) is 0 Å². The van der Waals surface area contributed by atoms with E-state index < -0.39 is 11.5 Å². The van der Waals surface area contributed by atoms with Crippen LogP contribution in [0, 0.1) is 0 Å². The Bertz CT molecular complexity index is 741. The Hall–Kier alpha value is -2.35. The number of carboxylic acids is 1. The van der Waals surface area contributed by atoms with Crippen LogP contribution in [-0.4, -0.2) is 49.4 Å². The molecule has 1 saturated carbocycles. The lowest BCUT2D eigenvalue weighted by Crippen LogP contribution is -2.56. The number of nitrogens with zero attached hydrogens (tertiary/aromatic N) is 4. The summed E-state index contributed by atoms with van der Waals surface area (Å²) >= 11 is 1.18. The molecule has 126 valence electrons. The maximum absolute atomic E-state index is 12.8. The van der Waals surface area contributed by atoms with Crippen LogP contribution in [0.4, 0.5) is 0 Å². The molecule has 1 aliphatic carbocycles. The van der Waals surface area contributed by atoms with Gasteiger partial charge in [-0.1, -0.05) is 19.3 Å². The van der Waals surface area contributed by atoms with E-state index in [1.807, 2.05) is 0 Å². The summed E-state index contributed by atoms with van der Waals surface area (Å²) < 4.78 is 0. The Labute approximate surface area is 143 Å². The SMILES string of the molecule is CN(C(=O)c1cnc(-c2ncccn2)s1)C1(C(=O)O)CCCCC1. The van der Waals surface area contributed by atoms with Gasteiger partial charge >= 0.3 is 5.97 Å². The molecule has 8 heteroatoms. The molecule has 24 heavy (non-hydrogen) atoms. The molecule has 2 aromatic rings. The number of carbonyl (C=O) groups excluding carboxylic acids is 1. The van der Waals surface area contributed by atoms with Gasteiger partial charge in [0.2, 0.25) is 0 Å². The lowest BCUT2D eigenvalue weighted by atomic mass is 9.80. The van der Waals surface area contributed by atoms with Crippen LogP contribution in [-0.2, 0) is 4.79 Å². The fourth-order valence-corrected chi connectivity index (χ4v) is 3.92. The van der Waals surface area contributed by atoms with E-state index in [0.717, 1.165) is 19.3 Å². The molecule has 0 atom stereocenters. The zero-order valence-corrected chi connectivity index (χ0v) is 14.1. The van der Waals surface area contributed by atoms with Crippen molar-refractivity contribution < 1.29 is 14.7 Å². The molecule has 1 amide bonds. The van der Waals surface area contributed by atoms with E-state index in [1.54, 1.807) is 25.5 Å². The number of rotatable bonds is 4. The molecule has 0 spiro atoms. The fourth-order valence-electron chi connectivity index (χ4n) is 3.07. The van der Waals surface area contributed by atoms with E-state index in [-0.39, 0.29) is 5.91 Å². The van der Waals surface area contributed by atoms with Crippen LogP contribution in [0.2, 0.25) is 0 Å². The van der Waals surface area contributed by atoms with Gasteiger partial charge in [0, 0.05) is 19.4 Å². The molecule has 1 fully saturated rings. The van der Waals surface area contributed by atoms with Crippen LogP contribution < -0.4 is 0 Å². The van der Waals surface area contributed by atoms with Gasteiger partial charge in [-0.05, 0) is 18.9 Å². The summed E-state index contributed by atoms with van der Waals surface area (Å²) in [4.78, 5) is 38.8. The molecule has 0 radical (unpaired) electrons. The summed E-state index contributed by atoms with van der Waals surface area (Å²) in [5.74, 6) is -0.803. The third kappa shape index (κ3) is 2.89. The van der Waals surface area contributed by atoms with Gasteiger partial charge in [0.15, 0.2) is 10.8 Å². The molecule has 1 aliphatic rings. The first-order chi connectivity index (χ1) is 11.5. The minimum Gasteiger partial charge on any atom is -0.479 e. The second-order valence-corrected chi connectivity index (χ2v) is 6.89. The van der Waals surface area contributed by atoms with Gasteiger partial charge in [0.1, 0.15) is 10.4 Å². The van der Waals surface area contributed by atoms with Crippen molar-refractivity contribution in [2.75, 3.05) is 7.05 Å². The number of likely N-dealkylation sites (N-methyl/N-ethyl adjacent to an activating group) is 1. The highest BCUT2D eigenvalue weighted by atomic mass is 32.1. The normalized spacial score (nSPS) is 16.5. The number of carbonyl (C=O) groups is 2. The predicted octanol–water partition coefficient (Wildman–Crippen LogP) is 2.46. The Morgan fingerprint density at radius 1 is 1.17 bits per heavy atom. The first-order valence-electron chi connectivity index (χ1n) is 7.79. The molecular formula is C16H18N4O3S. The van der Waals surface area contributed by atoms with Crippen molar-refractivity contribution >= 4 is 23.2 Å². The maximum Gasteiger partial charge on any atom is 0.329 e. The predicted molar refractivity (Wildman–Crippen MR) is 88.7 cm³/mol. The summed E-state index contributed by atoms with van der Waals surface area (Å²) in [7, 11) is 1.57. The Kier molecular flexibility index (Phi) is 4.57. The number of aliphatic carboxylic acids is 1. The van der Waals surface area contributed by atoms with E-state index in [1.165, 1.54) is 22.4 Å². The van der Waals surface area contributed by atoms with Crippen molar-refractivity contribution in [3.8, 4) is 10.8 Å². The van der Waals surface area contributed by atoms with Crippen molar-refractivity contribution in [2.45, 2.75) is 37.6 Å². The molecule has 2 aromatic heterocycles. The van der Waals surface area contributed by atoms with E-state index in [4.69, 9.17) is 0 Å². The Morgan fingerprint density at radius 3 is 2.46 bits per heavy atom. The van der Waals surface area contributed by atoms with Crippen molar-refractivity contribution in [1.82, 2.24) is 19.9 Å². The van der Waals surface area contributed by atoms with Crippen LogP contribution in [0.15, 0.2) is 24.7 Å². The van der Waals surface area contributed by atoms with Gasteiger partial charge in [0.25, 0.3) is 5.91 Å². The average molecular weight is 346 g/mol. The summed E-state index contributed by atoms with van der Waals surface area (Å²) in [6.07, 6.45) is 8.29. The molecule has 0 aromatic carbocycles. The zero-order chi connectivity index (χ0) is 17.2. The number of aromatic nitrogens is 3. The lowest BCUT2D eigenvalue weighted by Gasteiger charge is -2.40. The average Bonchev–Trinajstić information content (AvgIpc) is 3.12. The van der Waals surface area contributed by atoms with E-state index >= 15 is 0 Å². The van der Waals surface area contributed by atoms with Crippen molar-refractivity contribution in [1.29, 1.82) is 0 Å².